The van der Waals surface area contributed by atoms with Crippen LogP contribution in [0.3, 0.4) is 0 Å². The lowest BCUT2D eigenvalue weighted by Gasteiger charge is -2.27. The molecule has 1 unspecified atom stereocenters. The van der Waals surface area contributed by atoms with Gasteiger partial charge in [-0.15, -0.1) is 12.4 Å². The Morgan fingerprint density at radius 2 is 2.04 bits per heavy atom. The molecule has 6 heteroatoms. The molecule has 1 aliphatic heterocycles. The van der Waals surface area contributed by atoms with Crippen LogP contribution in [0.5, 0.6) is 5.75 Å². The topological polar surface area (TPSA) is 70.6 Å². The van der Waals surface area contributed by atoms with Crippen LogP contribution >= 0.6 is 12.4 Å². The van der Waals surface area contributed by atoms with Gasteiger partial charge in [0.25, 0.3) is 0 Å². The third kappa shape index (κ3) is 6.30. The number of hydrogen-bond donors (Lipinski definition) is 3. The predicted molar refractivity (Wildman–Crippen MR) is 97.6 cm³/mol. The van der Waals surface area contributed by atoms with Crippen molar-refractivity contribution in [2.75, 3.05) is 13.1 Å². The molecule has 3 N–H and O–H groups in total. The van der Waals surface area contributed by atoms with Crippen LogP contribution in [0.4, 0.5) is 0 Å². The summed E-state index contributed by atoms with van der Waals surface area (Å²) in [7, 11) is 0. The van der Waals surface area contributed by atoms with Gasteiger partial charge < -0.3 is 20.5 Å². The molecule has 0 radical (unpaired) electrons. The molecule has 0 aromatic heterocycles. The van der Waals surface area contributed by atoms with E-state index in [1.54, 1.807) is 0 Å². The Labute approximate surface area is 150 Å². The van der Waals surface area contributed by atoms with Crippen LogP contribution in [0.2, 0.25) is 0 Å². The molecule has 1 aromatic carbocycles. The van der Waals surface area contributed by atoms with Gasteiger partial charge in [-0.1, -0.05) is 12.1 Å². The lowest BCUT2D eigenvalue weighted by molar-refractivity contribution is -0.126. The number of aliphatic hydroxyl groups excluding tert-OH is 1. The fraction of sp³-hybridized carbons (Fsp3) is 0.611. The molecule has 1 fully saturated rings. The number of rotatable bonds is 6. The highest BCUT2D eigenvalue weighted by atomic mass is 35.5. The zero-order valence-electron chi connectivity index (χ0n) is 14.6. The van der Waals surface area contributed by atoms with Crippen molar-refractivity contribution in [1.82, 2.24) is 10.6 Å². The largest absolute Gasteiger partial charge is 0.491 e. The maximum absolute atomic E-state index is 12.2. The monoisotopic (exact) mass is 356 g/mol. The summed E-state index contributed by atoms with van der Waals surface area (Å²) in [6, 6.07) is 7.73. The van der Waals surface area contributed by atoms with E-state index in [-0.39, 0.29) is 36.9 Å². The molecule has 1 heterocycles. The molecule has 1 saturated heterocycles. The molecule has 3 atom stereocenters. The summed E-state index contributed by atoms with van der Waals surface area (Å²) in [4.78, 5) is 12.2. The van der Waals surface area contributed by atoms with E-state index < -0.39 is 6.10 Å². The van der Waals surface area contributed by atoms with Crippen LogP contribution in [0, 0.1) is 5.92 Å². The number of amides is 1. The quantitative estimate of drug-likeness (QED) is 0.732. The van der Waals surface area contributed by atoms with Crippen molar-refractivity contribution in [3.8, 4) is 5.75 Å². The average molecular weight is 357 g/mol. The van der Waals surface area contributed by atoms with Gasteiger partial charge >= 0.3 is 0 Å². The molecule has 0 bridgehead atoms. The third-order valence-electron chi connectivity index (χ3n) is 4.10. The van der Waals surface area contributed by atoms with Crippen molar-refractivity contribution in [3.63, 3.8) is 0 Å². The number of carbonyl (C=O) groups excluding carboxylic acids is 1. The van der Waals surface area contributed by atoms with Crippen molar-refractivity contribution < 1.29 is 14.6 Å². The number of halogens is 1. The zero-order valence-corrected chi connectivity index (χ0v) is 15.4. The minimum Gasteiger partial charge on any atom is -0.491 e. The van der Waals surface area contributed by atoms with E-state index >= 15 is 0 Å². The van der Waals surface area contributed by atoms with Gasteiger partial charge in [-0.05, 0) is 57.9 Å². The number of hydrogen-bond acceptors (Lipinski definition) is 4. The predicted octanol–water partition coefficient (Wildman–Crippen LogP) is 2.43. The second-order valence-electron chi connectivity index (χ2n) is 6.57. The fourth-order valence-corrected chi connectivity index (χ4v) is 2.87. The van der Waals surface area contributed by atoms with Crippen molar-refractivity contribution in [1.29, 1.82) is 0 Å². The van der Waals surface area contributed by atoms with E-state index in [0.29, 0.717) is 6.04 Å². The van der Waals surface area contributed by atoms with E-state index in [4.69, 9.17) is 4.74 Å². The van der Waals surface area contributed by atoms with Gasteiger partial charge in [0.15, 0.2) is 0 Å². The van der Waals surface area contributed by atoms with E-state index in [0.717, 1.165) is 30.7 Å². The molecule has 0 aliphatic carbocycles. The zero-order chi connectivity index (χ0) is 16.8. The summed E-state index contributed by atoms with van der Waals surface area (Å²) in [5.41, 5.74) is 0.778. The van der Waals surface area contributed by atoms with Crippen LogP contribution in [0.1, 0.15) is 45.3 Å². The summed E-state index contributed by atoms with van der Waals surface area (Å²) in [6.07, 6.45) is 1.13. The fourth-order valence-electron chi connectivity index (χ4n) is 2.87. The number of ether oxygens (including phenoxy) is 1. The Morgan fingerprint density at radius 1 is 1.38 bits per heavy atom. The van der Waals surface area contributed by atoms with Crippen LogP contribution in [-0.2, 0) is 4.79 Å². The molecule has 1 amide bonds. The minimum atomic E-state index is -0.703. The van der Waals surface area contributed by atoms with Crippen molar-refractivity contribution in [3.05, 3.63) is 29.8 Å². The van der Waals surface area contributed by atoms with E-state index in [1.165, 1.54) is 0 Å². The number of nitrogens with one attached hydrogen (secondary N) is 2. The molecule has 1 aliphatic rings. The van der Waals surface area contributed by atoms with Gasteiger partial charge in [0, 0.05) is 18.5 Å². The van der Waals surface area contributed by atoms with Crippen molar-refractivity contribution >= 4 is 18.3 Å². The van der Waals surface area contributed by atoms with E-state index in [9.17, 15) is 9.90 Å². The summed E-state index contributed by atoms with van der Waals surface area (Å²) < 4.78 is 5.58. The molecular formula is C18H29ClN2O3. The molecule has 1 aromatic rings. The van der Waals surface area contributed by atoms with Crippen molar-refractivity contribution in [2.24, 2.45) is 5.92 Å². The summed E-state index contributed by atoms with van der Waals surface area (Å²) in [6.45, 7) is 7.15. The van der Waals surface area contributed by atoms with Gasteiger partial charge in [-0.3, -0.25) is 4.79 Å². The van der Waals surface area contributed by atoms with Crippen LogP contribution in [-0.4, -0.2) is 36.2 Å². The smallest absolute Gasteiger partial charge is 0.223 e. The van der Waals surface area contributed by atoms with E-state index in [1.807, 2.05) is 38.1 Å². The van der Waals surface area contributed by atoms with Gasteiger partial charge in [0.1, 0.15) is 5.75 Å². The molecule has 0 spiro atoms. The molecule has 136 valence electrons. The Bertz CT molecular complexity index is 507. The Morgan fingerprint density at radius 3 is 2.62 bits per heavy atom. The Hall–Kier alpha value is -1.30. The number of carbonyl (C=O) groups is 1. The summed E-state index contributed by atoms with van der Waals surface area (Å²) in [5, 5.41) is 16.4. The van der Waals surface area contributed by atoms with Gasteiger partial charge in [-0.2, -0.15) is 0 Å². The van der Waals surface area contributed by atoms with E-state index in [2.05, 4.69) is 17.6 Å². The first-order valence-electron chi connectivity index (χ1n) is 8.41. The molecule has 5 nitrogen and oxygen atoms in total. The van der Waals surface area contributed by atoms with Crippen molar-refractivity contribution in [2.45, 2.75) is 51.9 Å². The SMILES string of the molecule is CC(C)Oc1ccc(C(O)CNC(=O)[C@H]2CCN[C@@H](C)C2)cc1.Cl. The minimum absolute atomic E-state index is 0. The average Bonchev–Trinajstić information content (AvgIpc) is 2.52. The third-order valence-corrected chi connectivity index (χ3v) is 4.10. The van der Waals surface area contributed by atoms with Gasteiger partial charge in [-0.25, -0.2) is 0 Å². The first-order chi connectivity index (χ1) is 11.0. The first-order valence-corrected chi connectivity index (χ1v) is 8.41. The molecule has 24 heavy (non-hydrogen) atoms. The van der Waals surface area contributed by atoms with Crippen LogP contribution in [0.15, 0.2) is 24.3 Å². The highest BCUT2D eigenvalue weighted by Gasteiger charge is 2.24. The lowest BCUT2D eigenvalue weighted by Crippen LogP contribution is -2.43. The Kier molecular flexibility index (Phi) is 8.53. The van der Waals surface area contributed by atoms with Crippen LogP contribution < -0.4 is 15.4 Å². The maximum Gasteiger partial charge on any atom is 0.223 e. The number of aliphatic hydroxyl groups is 1. The normalized spacial score (nSPS) is 21.7. The molecule has 0 saturated carbocycles. The first kappa shape index (κ1) is 20.7. The number of piperidine rings is 1. The highest BCUT2D eigenvalue weighted by Crippen LogP contribution is 2.19. The second kappa shape index (κ2) is 9.87. The summed E-state index contributed by atoms with van der Waals surface area (Å²) in [5.74, 6) is 0.862. The van der Waals surface area contributed by atoms with Crippen LogP contribution in [0.25, 0.3) is 0 Å². The highest BCUT2D eigenvalue weighted by molar-refractivity contribution is 5.85. The number of benzene rings is 1. The standard InChI is InChI=1S/C18H28N2O3.ClH/c1-12(2)23-16-6-4-14(5-7-16)17(21)11-20-18(22)15-8-9-19-13(3)10-15;/h4-7,12-13,15,17,19,21H,8-11H2,1-3H3,(H,20,22);1H/t13-,15-,17?;/m0./s1. The second-order valence-corrected chi connectivity index (χ2v) is 6.57. The lowest BCUT2D eigenvalue weighted by atomic mass is 9.92. The molecule has 2 rings (SSSR count). The van der Waals surface area contributed by atoms with Gasteiger partial charge in [0.05, 0.1) is 12.2 Å². The van der Waals surface area contributed by atoms with Gasteiger partial charge in [0.2, 0.25) is 5.91 Å². The molecular weight excluding hydrogens is 328 g/mol. The maximum atomic E-state index is 12.2. The Balaban J connectivity index is 0.00000288. The summed E-state index contributed by atoms with van der Waals surface area (Å²) >= 11 is 0.